The van der Waals surface area contributed by atoms with Gasteiger partial charge in [-0.15, -0.1) is 0 Å². The van der Waals surface area contributed by atoms with Crippen molar-refractivity contribution in [2.75, 3.05) is 6.61 Å². The van der Waals surface area contributed by atoms with Crippen LogP contribution in [0.5, 0.6) is 0 Å². The lowest BCUT2D eigenvalue weighted by Crippen LogP contribution is -2.30. The minimum atomic E-state index is -1.65. The van der Waals surface area contributed by atoms with Crippen LogP contribution in [0.4, 0.5) is 0 Å². The van der Waals surface area contributed by atoms with E-state index in [9.17, 15) is 24.3 Å². The predicted octanol–water partition coefficient (Wildman–Crippen LogP) is 4.84. The van der Waals surface area contributed by atoms with E-state index in [0.717, 1.165) is 16.7 Å². The normalized spacial score (nSPS) is 11.2. The number of aliphatic carboxylic acids is 1. The molecule has 0 aliphatic heterocycles. The number of ether oxygens (including phenoxy) is 1. The van der Waals surface area contributed by atoms with Crippen LogP contribution in [0.25, 0.3) is 17.0 Å². The van der Waals surface area contributed by atoms with Crippen molar-refractivity contribution in [3.8, 4) is 11.3 Å². The summed E-state index contributed by atoms with van der Waals surface area (Å²) in [6, 6.07) is 23.5. The van der Waals surface area contributed by atoms with Gasteiger partial charge in [0, 0.05) is 22.9 Å². The molecule has 0 fully saturated rings. The van der Waals surface area contributed by atoms with Gasteiger partial charge in [-0.3, -0.25) is 9.36 Å². The van der Waals surface area contributed by atoms with E-state index in [-0.39, 0.29) is 18.7 Å². The minimum absolute atomic E-state index is 0.191. The zero-order valence-electron chi connectivity index (χ0n) is 23.2. The Morgan fingerprint density at radius 1 is 0.881 bits per heavy atom. The van der Waals surface area contributed by atoms with E-state index in [2.05, 4.69) is 4.98 Å². The van der Waals surface area contributed by atoms with E-state index in [0.29, 0.717) is 41.4 Å². The standard InChI is InChI=1S/C33H30N2O7/c1-3-26-29(32(40)42-4-2)30(24-10-6-5-7-11-24)34-33(41)35(26)20-22-15-13-21(14-16-22)17-23-9-8-12-25(18-23)27(36)19-28(37)31(38)39/h5-16,18-19,36H,3-4,17,20H2,1-2H3,(H,38,39)/b27-19-. The summed E-state index contributed by atoms with van der Waals surface area (Å²) >= 11 is 0. The van der Waals surface area contributed by atoms with Gasteiger partial charge in [0.2, 0.25) is 0 Å². The monoisotopic (exact) mass is 566 g/mol. The van der Waals surface area contributed by atoms with Crippen LogP contribution in [0.2, 0.25) is 0 Å². The maximum Gasteiger partial charge on any atom is 0.376 e. The highest BCUT2D eigenvalue weighted by Gasteiger charge is 2.24. The first-order valence-corrected chi connectivity index (χ1v) is 13.4. The molecule has 0 radical (unpaired) electrons. The maximum absolute atomic E-state index is 13.3. The van der Waals surface area contributed by atoms with Crippen molar-refractivity contribution in [3.63, 3.8) is 0 Å². The van der Waals surface area contributed by atoms with Crippen LogP contribution in [-0.2, 0) is 33.7 Å². The summed E-state index contributed by atoms with van der Waals surface area (Å²) in [5.74, 6) is -3.81. The summed E-state index contributed by atoms with van der Waals surface area (Å²) in [5, 5.41) is 18.9. The average molecular weight is 567 g/mol. The molecule has 0 aliphatic carbocycles. The van der Waals surface area contributed by atoms with Crippen LogP contribution >= 0.6 is 0 Å². The number of ketones is 1. The Morgan fingerprint density at radius 2 is 1.57 bits per heavy atom. The highest BCUT2D eigenvalue weighted by Crippen LogP contribution is 2.25. The van der Waals surface area contributed by atoms with Gasteiger partial charge >= 0.3 is 17.6 Å². The number of rotatable bonds is 11. The Kier molecular flexibility index (Phi) is 9.44. The average Bonchev–Trinajstić information content (AvgIpc) is 2.99. The summed E-state index contributed by atoms with van der Waals surface area (Å²) < 4.78 is 6.85. The second-order valence-electron chi connectivity index (χ2n) is 9.48. The number of benzene rings is 3. The number of aliphatic hydroxyl groups is 1. The SMILES string of the molecule is CCOC(=O)c1c(-c2ccccc2)nc(=O)n(Cc2ccc(Cc3cccc(/C(O)=C/C(=O)C(=O)O)c3)cc2)c1CC. The zero-order valence-corrected chi connectivity index (χ0v) is 23.2. The fourth-order valence-corrected chi connectivity index (χ4v) is 4.64. The molecule has 9 nitrogen and oxygen atoms in total. The van der Waals surface area contributed by atoms with Gasteiger partial charge in [-0.25, -0.2) is 14.4 Å². The number of hydrogen-bond donors (Lipinski definition) is 2. The summed E-state index contributed by atoms with van der Waals surface area (Å²) in [4.78, 5) is 52.8. The third-order valence-corrected chi connectivity index (χ3v) is 6.62. The molecule has 0 amide bonds. The van der Waals surface area contributed by atoms with E-state index in [1.807, 2.05) is 55.5 Å². The highest BCUT2D eigenvalue weighted by molar-refractivity contribution is 6.38. The summed E-state index contributed by atoms with van der Waals surface area (Å²) in [5.41, 5.74) is 4.28. The molecular formula is C33H30N2O7. The lowest BCUT2D eigenvalue weighted by molar-refractivity contribution is -0.146. The Morgan fingerprint density at radius 3 is 2.21 bits per heavy atom. The smallest absolute Gasteiger partial charge is 0.376 e. The molecule has 0 aliphatic rings. The number of aromatic nitrogens is 2. The molecule has 9 heteroatoms. The third kappa shape index (κ3) is 6.87. The Hall–Kier alpha value is -5.31. The van der Waals surface area contributed by atoms with Gasteiger partial charge < -0.3 is 14.9 Å². The predicted molar refractivity (Wildman–Crippen MR) is 157 cm³/mol. The van der Waals surface area contributed by atoms with Crippen molar-refractivity contribution < 1.29 is 29.3 Å². The number of carboxylic acid groups (broad SMARTS) is 1. The van der Waals surface area contributed by atoms with Gasteiger partial charge in [-0.1, -0.05) is 79.7 Å². The number of hydrogen-bond acceptors (Lipinski definition) is 7. The van der Waals surface area contributed by atoms with Gasteiger partial charge in [-0.2, -0.15) is 4.98 Å². The molecule has 42 heavy (non-hydrogen) atoms. The topological polar surface area (TPSA) is 136 Å². The lowest BCUT2D eigenvalue weighted by Gasteiger charge is -2.18. The molecule has 0 saturated heterocycles. The largest absolute Gasteiger partial charge is 0.507 e. The molecule has 0 saturated carbocycles. The van der Waals surface area contributed by atoms with Crippen molar-refractivity contribution in [3.05, 3.63) is 129 Å². The Bertz CT molecular complexity index is 1710. The van der Waals surface area contributed by atoms with Crippen molar-refractivity contribution >= 4 is 23.5 Å². The van der Waals surface area contributed by atoms with Crippen LogP contribution in [0.3, 0.4) is 0 Å². The first kappa shape index (κ1) is 29.7. The van der Waals surface area contributed by atoms with Gasteiger partial charge in [0.15, 0.2) is 0 Å². The van der Waals surface area contributed by atoms with E-state index in [1.165, 1.54) is 4.57 Å². The molecule has 3 aromatic carbocycles. The molecule has 4 rings (SSSR count). The minimum Gasteiger partial charge on any atom is -0.507 e. The van der Waals surface area contributed by atoms with Crippen LogP contribution in [-0.4, -0.2) is 44.1 Å². The number of carbonyl (C=O) groups excluding carboxylic acids is 2. The van der Waals surface area contributed by atoms with Gasteiger partial charge in [0.05, 0.1) is 18.8 Å². The number of carboxylic acids is 1. The van der Waals surface area contributed by atoms with E-state index >= 15 is 0 Å². The Labute approximate surface area is 242 Å². The molecule has 0 spiro atoms. The fraction of sp³-hybridized carbons (Fsp3) is 0.182. The molecule has 0 unspecified atom stereocenters. The molecule has 0 bridgehead atoms. The quantitative estimate of drug-likeness (QED) is 0.114. The number of aliphatic hydroxyl groups excluding tert-OH is 1. The second-order valence-corrected chi connectivity index (χ2v) is 9.48. The summed E-state index contributed by atoms with van der Waals surface area (Å²) in [6.07, 6.45) is 1.60. The van der Waals surface area contributed by atoms with Gasteiger partial charge in [0.1, 0.15) is 11.3 Å². The van der Waals surface area contributed by atoms with E-state index < -0.39 is 29.2 Å². The van der Waals surface area contributed by atoms with E-state index in [1.54, 1.807) is 37.3 Å². The van der Waals surface area contributed by atoms with Gasteiger partial charge in [0.25, 0.3) is 5.78 Å². The van der Waals surface area contributed by atoms with Gasteiger partial charge in [-0.05, 0) is 42.5 Å². The van der Waals surface area contributed by atoms with Crippen LogP contribution < -0.4 is 5.69 Å². The summed E-state index contributed by atoms with van der Waals surface area (Å²) in [7, 11) is 0. The van der Waals surface area contributed by atoms with Crippen LogP contribution in [0, 0.1) is 0 Å². The summed E-state index contributed by atoms with van der Waals surface area (Å²) in [6.45, 7) is 4.01. The van der Waals surface area contributed by atoms with Crippen molar-refractivity contribution in [1.29, 1.82) is 0 Å². The van der Waals surface area contributed by atoms with Crippen molar-refractivity contribution in [2.45, 2.75) is 33.2 Å². The molecule has 1 heterocycles. The molecular weight excluding hydrogens is 536 g/mol. The Balaban J connectivity index is 1.61. The molecule has 2 N–H and O–H groups in total. The number of nitrogens with zero attached hydrogens (tertiary/aromatic N) is 2. The third-order valence-electron chi connectivity index (χ3n) is 6.62. The maximum atomic E-state index is 13.3. The fourth-order valence-electron chi connectivity index (χ4n) is 4.64. The first-order chi connectivity index (χ1) is 20.2. The number of esters is 1. The second kappa shape index (κ2) is 13.4. The van der Waals surface area contributed by atoms with E-state index in [4.69, 9.17) is 9.84 Å². The van der Waals surface area contributed by atoms with Crippen molar-refractivity contribution in [2.24, 2.45) is 0 Å². The lowest BCUT2D eigenvalue weighted by atomic mass is 10.0. The van der Waals surface area contributed by atoms with Crippen LogP contribution in [0.1, 0.15) is 52.2 Å². The molecule has 4 aromatic rings. The number of carbonyl (C=O) groups is 3. The molecule has 214 valence electrons. The van der Waals surface area contributed by atoms with Crippen LogP contribution in [0.15, 0.2) is 89.7 Å². The molecule has 0 atom stereocenters. The first-order valence-electron chi connectivity index (χ1n) is 13.4. The molecule has 1 aromatic heterocycles. The van der Waals surface area contributed by atoms with Crippen molar-refractivity contribution in [1.82, 2.24) is 9.55 Å². The highest BCUT2D eigenvalue weighted by atomic mass is 16.5. The zero-order chi connectivity index (χ0) is 30.2.